The Labute approximate surface area is 160 Å². The SMILES string of the molecule is COCC1(C(=O)NC2CCN(Cc3ccc(OC)cc3)C2=O)CCNCC1. The lowest BCUT2D eigenvalue weighted by Crippen LogP contribution is -2.53. The molecule has 7 nitrogen and oxygen atoms in total. The van der Waals surface area contributed by atoms with E-state index in [4.69, 9.17) is 9.47 Å². The third-order valence-corrected chi connectivity index (χ3v) is 5.60. The Morgan fingerprint density at radius 2 is 1.96 bits per heavy atom. The van der Waals surface area contributed by atoms with Gasteiger partial charge < -0.3 is 25.0 Å². The third-order valence-electron chi connectivity index (χ3n) is 5.60. The highest BCUT2D eigenvalue weighted by atomic mass is 16.5. The smallest absolute Gasteiger partial charge is 0.245 e. The highest BCUT2D eigenvalue weighted by Crippen LogP contribution is 2.30. The molecule has 1 aromatic carbocycles. The van der Waals surface area contributed by atoms with E-state index in [9.17, 15) is 9.59 Å². The van der Waals surface area contributed by atoms with Crippen LogP contribution in [0.5, 0.6) is 5.75 Å². The molecule has 1 unspecified atom stereocenters. The second kappa shape index (κ2) is 8.71. The van der Waals surface area contributed by atoms with Crippen molar-refractivity contribution in [2.45, 2.75) is 31.8 Å². The zero-order valence-corrected chi connectivity index (χ0v) is 16.1. The molecular weight excluding hydrogens is 346 g/mol. The molecule has 0 aliphatic carbocycles. The van der Waals surface area contributed by atoms with Gasteiger partial charge in [0.2, 0.25) is 11.8 Å². The van der Waals surface area contributed by atoms with E-state index in [1.54, 1.807) is 19.1 Å². The Morgan fingerprint density at radius 1 is 1.26 bits per heavy atom. The maximum Gasteiger partial charge on any atom is 0.245 e. The highest BCUT2D eigenvalue weighted by molar-refractivity contribution is 5.91. The highest BCUT2D eigenvalue weighted by Gasteiger charge is 2.42. The van der Waals surface area contributed by atoms with Crippen LogP contribution in [0.25, 0.3) is 0 Å². The molecular formula is C20H29N3O4. The Hall–Kier alpha value is -2.12. The van der Waals surface area contributed by atoms with Crippen molar-refractivity contribution in [1.82, 2.24) is 15.5 Å². The van der Waals surface area contributed by atoms with E-state index in [0.717, 1.165) is 37.2 Å². The van der Waals surface area contributed by atoms with Crippen LogP contribution in [0.15, 0.2) is 24.3 Å². The number of benzene rings is 1. The minimum absolute atomic E-state index is 0.0133. The number of piperidine rings is 1. The van der Waals surface area contributed by atoms with Crippen LogP contribution in [0.3, 0.4) is 0 Å². The van der Waals surface area contributed by atoms with E-state index in [-0.39, 0.29) is 11.8 Å². The van der Waals surface area contributed by atoms with Crippen molar-refractivity contribution in [1.29, 1.82) is 0 Å². The summed E-state index contributed by atoms with van der Waals surface area (Å²) in [6.45, 7) is 3.16. The van der Waals surface area contributed by atoms with Crippen molar-refractivity contribution in [3.63, 3.8) is 0 Å². The molecule has 1 atom stereocenters. The fraction of sp³-hybridized carbons (Fsp3) is 0.600. The Balaban J connectivity index is 1.59. The van der Waals surface area contributed by atoms with Crippen molar-refractivity contribution < 1.29 is 19.1 Å². The van der Waals surface area contributed by atoms with E-state index >= 15 is 0 Å². The van der Waals surface area contributed by atoms with Crippen LogP contribution in [0, 0.1) is 5.41 Å². The summed E-state index contributed by atoms with van der Waals surface area (Å²) in [5.74, 6) is 0.721. The molecule has 2 amide bonds. The molecule has 0 spiro atoms. The van der Waals surface area contributed by atoms with Gasteiger partial charge in [-0.25, -0.2) is 0 Å². The summed E-state index contributed by atoms with van der Waals surface area (Å²) in [4.78, 5) is 27.5. The van der Waals surface area contributed by atoms with Gasteiger partial charge in [-0.3, -0.25) is 9.59 Å². The van der Waals surface area contributed by atoms with Crippen LogP contribution in [-0.2, 0) is 20.9 Å². The minimum Gasteiger partial charge on any atom is -0.497 e. The van der Waals surface area contributed by atoms with Crippen LogP contribution in [0.2, 0.25) is 0 Å². The summed E-state index contributed by atoms with van der Waals surface area (Å²) in [5.41, 5.74) is 0.509. The number of ether oxygens (including phenoxy) is 2. The van der Waals surface area contributed by atoms with E-state index in [1.807, 2.05) is 24.3 Å². The molecule has 7 heteroatoms. The summed E-state index contributed by atoms with van der Waals surface area (Å²) in [7, 11) is 3.25. The fourth-order valence-corrected chi connectivity index (χ4v) is 3.91. The number of methoxy groups -OCH3 is 2. The first-order valence-electron chi connectivity index (χ1n) is 9.50. The van der Waals surface area contributed by atoms with Crippen molar-refractivity contribution in [2.24, 2.45) is 5.41 Å². The summed E-state index contributed by atoms with van der Waals surface area (Å²) < 4.78 is 10.5. The van der Waals surface area contributed by atoms with Gasteiger partial charge in [0.25, 0.3) is 0 Å². The molecule has 0 bridgehead atoms. The van der Waals surface area contributed by atoms with Crippen molar-refractivity contribution in [3.8, 4) is 5.75 Å². The lowest BCUT2D eigenvalue weighted by atomic mass is 9.78. The second-order valence-electron chi connectivity index (χ2n) is 7.39. The van der Waals surface area contributed by atoms with E-state index in [1.165, 1.54) is 0 Å². The number of nitrogens with one attached hydrogen (secondary N) is 2. The van der Waals surface area contributed by atoms with Gasteiger partial charge in [0.15, 0.2) is 0 Å². The van der Waals surface area contributed by atoms with Crippen molar-refractivity contribution in [2.75, 3.05) is 40.5 Å². The molecule has 148 valence electrons. The molecule has 27 heavy (non-hydrogen) atoms. The molecule has 1 aromatic rings. The first-order valence-corrected chi connectivity index (χ1v) is 9.50. The number of nitrogens with zero attached hydrogens (tertiary/aromatic N) is 1. The normalized spacial score (nSPS) is 21.9. The molecule has 2 N–H and O–H groups in total. The van der Waals surface area contributed by atoms with Gasteiger partial charge in [0, 0.05) is 20.2 Å². The van der Waals surface area contributed by atoms with Gasteiger partial charge in [-0.2, -0.15) is 0 Å². The summed E-state index contributed by atoms with van der Waals surface area (Å²) in [5, 5.41) is 6.28. The van der Waals surface area contributed by atoms with E-state index in [0.29, 0.717) is 26.1 Å². The fourth-order valence-electron chi connectivity index (χ4n) is 3.91. The maximum atomic E-state index is 12.9. The Kier molecular flexibility index (Phi) is 6.34. The van der Waals surface area contributed by atoms with Gasteiger partial charge in [-0.15, -0.1) is 0 Å². The van der Waals surface area contributed by atoms with Crippen LogP contribution in [0.4, 0.5) is 0 Å². The van der Waals surface area contributed by atoms with E-state index in [2.05, 4.69) is 10.6 Å². The largest absolute Gasteiger partial charge is 0.497 e. The molecule has 0 saturated carbocycles. The Bertz CT molecular complexity index is 650. The van der Waals surface area contributed by atoms with Gasteiger partial charge in [-0.1, -0.05) is 12.1 Å². The number of hydrogen-bond acceptors (Lipinski definition) is 5. The molecule has 0 radical (unpaired) electrons. The first kappa shape index (κ1) is 19.6. The average molecular weight is 375 g/mol. The maximum absolute atomic E-state index is 12.9. The number of amides is 2. The van der Waals surface area contributed by atoms with Crippen LogP contribution in [-0.4, -0.2) is 63.2 Å². The first-order chi connectivity index (χ1) is 13.1. The molecule has 2 aliphatic heterocycles. The monoisotopic (exact) mass is 375 g/mol. The van der Waals surface area contributed by atoms with Crippen LogP contribution < -0.4 is 15.4 Å². The zero-order chi connectivity index (χ0) is 19.3. The zero-order valence-electron chi connectivity index (χ0n) is 16.1. The minimum atomic E-state index is -0.538. The van der Waals surface area contributed by atoms with Crippen LogP contribution in [0.1, 0.15) is 24.8 Å². The number of hydrogen-bond donors (Lipinski definition) is 2. The molecule has 3 rings (SSSR count). The molecule has 2 saturated heterocycles. The van der Waals surface area contributed by atoms with Gasteiger partial charge in [0.05, 0.1) is 19.1 Å². The predicted octanol–water partition coefficient (Wildman–Crippen LogP) is 0.929. The summed E-state index contributed by atoms with van der Waals surface area (Å²) in [6.07, 6.45) is 2.09. The lowest BCUT2D eigenvalue weighted by molar-refractivity contribution is -0.140. The molecule has 2 fully saturated rings. The topological polar surface area (TPSA) is 79.9 Å². The van der Waals surface area contributed by atoms with Gasteiger partial charge in [0.1, 0.15) is 11.8 Å². The van der Waals surface area contributed by atoms with Crippen molar-refractivity contribution in [3.05, 3.63) is 29.8 Å². The second-order valence-corrected chi connectivity index (χ2v) is 7.39. The van der Waals surface area contributed by atoms with Crippen LogP contribution >= 0.6 is 0 Å². The summed E-state index contributed by atoms with van der Waals surface area (Å²) in [6, 6.07) is 7.25. The van der Waals surface area contributed by atoms with Crippen molar-refractivity contribution >= 4 is 11.8 Å². The lowest BCUT2D eigenvalue weighted by Gasteiger charge is -2.36. The number of rotatable bonds is 7. The standard InChI is InChI=1S/C20H29N3O4/c1-26-14-20(8-10-21-11-9-20)19(25)22-17-7-12-23(18(17)24)13-15-3-5-16(27-2)6-4-15/h3-6,17,21H,7-14H2,1-2H3,(H,22,25). The number of carbonyl (C=O) groups is 2. The average Bonchev–Trinajstić information content (AvgIpc) is 3.03. The molecule has 2 aliphatic rings. The molecule has 2 heterocycles. The predicted molar refractivity (Wildman–Crippen MR) is 101 cm³/mol. The molecule has 0 aromatic heterocycles. The van der Waals surface area contributed by atoms with Gasteiger partial charge >= 0.3 is 0 Å². The van der Waals surface area contributed by atoms with E-state index < -0.39 is 11.5 Å². The number of carbonyl (C=O) groups excluding carboxylic acids is 2. The Morgan fingerprint density at radius 3 is 2.59 bits per heavy atom. The summed E-state index contributed by atoms with van der Waals surface area (Å²) >= 11 is 0. The third kappa shape index (κ3) is 4.42. The van der Waals surface area contributed by atoms with Gasteiger partial charge in [-0.05, 0) is 50.0 Å². The number of likely N-dealkylation sites (tertiary alicyclic amines) is 1. The quantitative estimate of drug-likeness (QED) is 0.741.